The lowest BCUT2D eigenvalue weighted by Crippen LogP contribution is -2.51. The predicted octanol–water partition coefficient (Wildman–Crippen LogP) is 3.75. The van der Waals surface area contributed by atoms with E-state index in [-0.39, 0.29) is 32.0 Å². The van der Waals surface area contributed by atoms with Crippen LogP contribution in [0.3, 0.4) is 0 Å². The third-order valence-corrected chi connectivity index (χ3v) is 7.72. The second kappa shape index (κ2) is 14.1. The summed E-state index contributed by atoms with van der Waals surface area (Å²) < 4.78 is 5.37. The number of fused-ring (bicyclic) bond motifs is 1. The van der Waals surface area contributed by atoms with Crippen molar-refractivity contribution in [1.29, 1.82) is 0 Å². The van der Waals surface area contributed by atoms with Gasteiger partial charge in [0.2, 0.25) is 11.8 Å². The largest absolute Gasteiger partial charge is 0.463 e. The molecule has 2 aromatic rings. The fourth-order valence-electron chi connectivity index (χ4n) is 5.36. The highest BCUT2D eigenvalue weighted by atomic mass is 16.5. The van der Waals surface area contributed by atoms with E-state index in [9.17, 15) is 24.3 Å². The second-order valence-electron chi connectivity index (χ2n) is 10.8. The Labute approximate surface area is 234 Å². The minimum atomic E-state index is -1.14. The van der Waals surface area contributed by atoms with E-state index in [0.29, 0.717) is 31.4 Å². The van der Waals surface area contributed by atoms with Gasteiger partial charge in [-0.15, -0.1) is 0 Å². The molecular weight excluding hydrogens is 510 g/mol. The molecule has 214 valence electrons. The molecule has 9 nitrogen and oxygen atoms in total. The fraction of sp³-hybridized carbons (Fsp3) is 0.484. The molecular formula is C31H39N3O6. The van der Waals surface area contributed by atoms with Gasteiger partial charge < -0.3 is 25.8 Å². The lowest BCUT2D eigenvalue weighted by molar-refractivity contribution is -0.146. The Morgan fingerprint density at radius 2 is 1.77 bits per heavy atom. The first kappa shape index (κ1) is 29.3. The summed E-state index contributed by atoms with van der Waals surface area (Å²) in [6.45, 7) is -0.454. The lowest BCUT2D eigenvalue weighted by Gasteiger charge is -2.29. The number of aliphatic hydroxyl groups excluding tert-OH is 1. The number of amides is 3. The van der Waals surface area contributed by atoms with Crippen LogP contribution in [-0.2, 0) is 23.9 Å². The number of anilines is 1. The Bertz CT molecular complexity index is 1240. The molecule has 9 heteroatoms. The third kappa shape index (κ3) is 8.14. The number of nitrogens with one attached hydrogen (secondary N) is 3. The van der Waals surface area contributed by atoms with Crippen molar-refractivity contribution in [3.8, 4) is 0 Å². The van der Waals surface area contributed by atoms with Gasteiger partial charge >= 0.3 is 5.97 Å². The molecule has 0 bridgehead atoms. The standard InChI is InChI=1S/C31H39N3O6/c35-21-31(16-8-9-17-31)34-27(36)19-24-12-4-2-1-3-5-13-28(37)40-20-26(33-29(24)38)30(39)32-25-15-14-22-10-6-7-11-23(22)18-25/h2,4,6-7,10-11,14-15,18,24,26,35H,1,3,5,8-9,12-13,16-17,19-21H2,(H,32,39)(H,33,38)(H,34,36). The summed E-state index contributed by atoms with van der Waals surface area (Å²) in [7, 11) is 0. The van der Waals surface area contributed by atoms with Crippen LogP contribution in [0.4, 0.5) is 5.69 Å². The van der Waals surface area contributed by atoms with Crippen LogP contribution >= 0.6 is 0 Å². The predicted molar refractivity (Wildman–Crippen MR) is 152 cm³/mol. The maximum absolute atomic E-state index is 13.4. The molecule has 1 aliphatic heterocycles. The van der Waals surface area contributed by atoms with Crippen molar-refractivity contribution in [2.24, 2.45) is 5.92 Å². The number of aliphatic hydroxyl groups is 1. The summed E-state index contributed by atoms with van der Waals surface area (Å²) in [5.41, 5.74) is -0.0880. The summed E-state index contributed by atoms with van der Waals surface area (Å²) >= 11 is 0. The molecule has 0 spiro atoms. The average molecular weight is 550 g/mol. The SMILES string of the molecule is O=C(CC1CC=CCCCCC(=O)OCC(C(=O)Nc2ccc3ccccc3c2)NC1=O)NC1(CO)CCCC1. The molecule has 0 saturated heterocycles. The highest BCUT2D eigenvalue weighted by Gasteiger charge is 2.36. The van der Waals surface area contributed by atoms with Gasteiger partial charge in [-0.2, -0.15) is 0 Å². The number of carbonyl (C=O) groups is 4. The number of ether oxygens (including phenoxy) is 1. The van der Waals surface area contributed by atoms with Crippen molar-refractivity contribution < 1.29 is 29.0 Å². The molecule has 0 radical (unpaired) electrons. The van der Waals surface area contributed by atoms with Gasteiger partial charge in [0, 0.05) is 18.5 Å². The van der Waals surface area contributed by atoms with Gasteiger partial charge in [0.15, 0.2) is 0 Å². The maximum atomic E-state index is 13.4. The molecule has 2 unspecified atom stereocenters. The molecule has 2 atom stereocenters. The lowest BCUT2D eigenvalue weighted by atomic mass is 9.95. The zero-order valence-electron chi connectivity index (χ0n) is 22.8. The molecule has 4 N–H and O–H groups in total. The summed E-state index contributed by atoms with van der Waals surface area (Å²) in [5, 5.41) is 20.4. The number of hydrogen-bond acceptors (Lipinski definition) is 6. The van der Waals surface area contributed by atoms with Crippen LogP contribution in [0, 0.1) is 5.92 Å². The van der Waals surface area contributed by atoms with Gasteiger partial charge in [0.25, 0.3) is 5.91 Å². The van der Waals surface area contributed by atoms with Crippen molar-refractivity contribution in [3.63, 3.8) is 0 Å². The Balaban J connectivity index is 1.49. The molecule has 4 rings (SSSR count). The number of esters is 1. The summed E-state index contributed by atoms with van der Waals surface area (Å²) in [6, 6.07) is 12.1. The first-order valence-electron chi connectivity index (χ1n) is 14.2. The molecule has 1 aliphatic carbocycles. The Morgan fingerprint density at radius 3 is 2.55 bits per heavy atom. The first-order valence-corrected chi connectivity index (χ1v) is 14.2. The highest BCUT2D eigenvalue weighted by molar-refractivity contribution is 5.99. The van der Waals surface area contributed by atoms with E-state index in [0.717, 1.165) is 36.5 Å². The molecule has 0 aromatic heterocycles. The quantitative estimate of drug-likeness (QED) is 0.320. The first-order chi connectivity index (χ1) is 19.4. The summed E-state index contributed by atoms with van der Waals surface area (Å²) in [4.78, 5) is 52.0. The number of benzene rings is 2. The van der Waals surface area contributed by atoms with Crippen molar-refractivity contribution in [2.45, 2.75) is 75.8 Å². The van der Waals surface area contributed by atoms with Gasteiger partial charge in [-0.05, 0) is 61.4 Å². The minimum absolute atomic E-state index is 0.0866. The number of hydrogen-bond donors (Lipinski definition) is 4. The molecule has 3 amide bonds. The summed E-state index contributed by atoms with van der Waals surface area (Å²) in [6.07, 6.45) is 9.75. The number of carbonyl (C=O) groups excluding carboxylic acids is 4. The van der Waals surface area contributed by atoms with E-state index in [1.807, 2.05) is 48.6 Å². The number of rotatable bonds is 6. The van der Waals surface area contributed by atoms with Crippen LogP contribution in [0.15, 0.2) is 54.6 Å². The third-order valence-electron chi connectivity index (χ3n) is 7.72. The maximum Gasteiger partial charge on any atom is 0.305 e. The van der Waals surface area contributed by atoms with E-state index >= 15 is 0 Å². The van der Waals surface area contributed by atoms with Crippen molar-refractivity contribution in [3.05, 3.63) is 54.6 Å². The average Bonchev–Trinajstić information content (AvgIpc) is 3.42. The molecule has 1 fully saturated rings. The number of cyclic esters (lactones) is 1. The molecule has 40 heavy (non-hydrogen) atoms. The molecule has 2 aromatic carbocycles. The van der Waals surface area contributed by atoms with Gasteiger partial charge in [0.1, 0.15) is 12.6 Å². The zero-order chi connectivity index (χ0) is 28.4. The Morgan fingerprint density at radius 1 is 1.00 bits per heavy atom. The normalized spacial score (nSPS) is 22.1. The fourth-order valence-corrected chi connectivity index (χ4v) is 5.36. The van der Waals surface area contributed by atoms with Crippen molar-refractivity contribution >= 4 is 40.2 Å². The number of allylic oxidation sites excluding steroid dienone is 2. The molecule has 1 heterocycles. The van der Waals surface area contributed by atoms with Crippen LogP contribution in [0.2, 0.25) is 0 Å². The zero-order valence-corrected chi connectivity index (χ0v) is 22.8. The van der Waals surface area contributed by atoms with Crippen LogP contribution in [0.25, 0.3) is 10.8 Å². The van der Waals surface area contributed by atoms with Gasteiger partial charge in [0.05, 0.1) is 18.1 Å². The van der Waals surface area contributed by atoms with E-state index in [4.69, 9.17) is 4.74 Å². The monoisotopic (exact) mass is 549 g/mol. The van der Waals surface area contributed by atoms with Gasteiger partial charge in [-0.1, -0.05) is 55.3 Å². The van der Waals surface area contributed by atoms with Crippen LogP contribution < -0.4 is 16.0 Å². The van der Waals surface area contributed by atoms with Crippen molar-refractivity contribution in [1.82, 2.24) is 10.6 Å². The van der Waals surface area contributed by atoms with E-state index in [1.165, 1.54) is 0 Å². The van der Waals surface area contributed by atoms with Crippen LogP contribution in [-0.4, -0.2) is 53.6 Å². The van der Waals surface area contributed by atoms with Crippen molar-refractivity contribution in [2.75, 3.05) is 18.5 Å². The van der Waals surface area contributed by atoms with Crippen LogP contribution in [0.5, 0.6) is 0 Å². The summed E-state index contributed by atoms with van der Waals surface area (Å²) in [5.74, 6) is -2.47. The minimum Gasteiger partial charge on any atom is -0.463 e. The van der Waals surface area contributed by atoms with Gasteiger partial charge in [-0.3, -0.25) is 19.2 Å². The van der Waals surface area contributed by atoms with E-state index < -0.39 is 35.3 Å². The van der Waals surface area contributed by atoms with Gasteiger partial charge in [-0.25, -0.2) is 0 Å². The topological polar surface area (TPSA) is 134 Å². The highest BCUT2D eigenvalue weighted by Crippen LogP contribution is 2.29. The molecule has 1 saturated carbocycles. The Kier molecular flexibility index (Phi) is 10.3. The van der Waals surface area contributed by atoms with E-state index in [1.54, 1.807) is 6.07 Å². The molecule has 2 aliphatic rings. The van der Waals surface area contributed by atoms with E-state index in [2.05, 4.69) is 16.0 Å². The Hall–Kier alpha value is -3.72. The smallest absolute Gasteiger partial charge is 0.305 e. The van der Waals surface area contributed by atoms with Crippen LogP contribution in [0.1, 0.15) is 64.2 Å². The second-order valence-corrected chi connectivity index (χ2v) is 10.8.